The van der Waals surface area contributed by atoms with Crippen molar-refractivity contribution < 1.29 is 18.0 Å². The van der Waals surface area contributed by atoms with Gasteiger partial charge in [-0.15, -0.1) is 0 Å². The molecule has 2 aromatic rings. The molecule has 2 aromatic heterocycles. The van der Waals surface area contributed by atoms with Crippen LogP contribution in [0.25, 0.3) is 0 Å². The Hall–Kier alpha value is -2.55. The van der Waals surface area contributed by atoms with E-state index in [2.05, 4.69) is 34.0 Å². The van der Waals surface area contributed by atoms with Crippen molar-refractivity contribution in [2.75, 3.05) is 41.3 Å². The first-order valence-corrected chi connectivity index (χ1v) is 10.6. The molecule has 0 aromatic carbocycles. The van der Waals surface area contributed by atoms with Crippen molar-refractivity contribution in [1.29, 1.82) is 0 Å². The summed E-state index contributed by atoms with van der Waals surface area (Å²) in [6, 6.07) is 4.60. The van der Waals surface area contributed by atoms with E-state index < -0.39 is 11.7 Å². The lowest BCUT2D eigenvalue weighted by atomic mass is 9.96. The van der Waals surface area contributed by atoms with Crippen molar-refractivity contribution in [2.24, 2.45) is 5.92 Å². The quantitative estimate of drug-likeness (QED) is 0.674. The molecule has 0 aliphatic carbocycles. The molecule has 31 heavy (non-hydrogen) atoms. The van der Waals surface area contributed by atoms with Gasteiger partial charge in [0, 0.05) is 38.3 Å². The zero-order valence-corrected chi connectivity index (χ0v) is 18.2. The van der Waals surface area contributed by atoms with E-state index in [4.69, 9.17) is 11.6 Å². The van der Waals surface area contributed by atoms with Crippen LogP contribution in [0.4, 0.5) is 30.5 Å². The minimum atomic E-state index is -4.49. The van der Waals surface area contributed by atoms with E-state index in [-0.39, 0.29) is 16.8 Å². The molecule has 1 fully saturated rings. The molecule has 0 bridgehead atoms. The van der Waals surface area contributed by atoms with Gasteiger partial charge in [-0.25, -0.2) is 9.97 Å². The van der Waals surface area contributed by atoms with Crippen LogP contribution in [0.1, 0.15) is 32.3 Å². The highest BCUT2D eigenvalue weighted by Crippen LogP contribution is 2.34. The fraction of sp³-hybridized carbons (Fsp3) is 0.476. The van der Waals surface area contributed by atoms with E-state index in [1.165, 1.54) is 0 Å². The summed E-state index contributed by atoms with van der Waals surface area (Å²) in [6.07, 6.45) is -0.953. The molecule has 1 saturated heterocycles. The van der Waals surface area contributed by atoms with Gasteiger partial charge in [-0.05, 0) is 44.9 Å². The normalized spacial score (nSPS) is 15.1. The third-order valence-corrected chi connectivity index (χ3v) is 5.70. The van der Waals surface area contributed by atoms with E-state index in [1.807, 2.05) is 17.0 Å². The average molecular weight is 456 g/mol. The van der Waals surface area contributed by atoms with Crippen LogP contribution in [-0.2, 0) is 11.0 Å². The molecule has 0 radical (unpaired) electrons. The van der Waals surface area contributed by atoms with Crippen molar-refractivity contribution in [3.8, 4) is 0 Å². The Morgan fingerprint density at radius 3 is 2.39 bits per heavy atom. The number of rotatable bonds is 6. The minimum Gasteiger partial charge on any atom is -0.357 e. The van der Waals surface area contributed by atoms with Crippen molar-refractivity contribution in [2.45, 2.75) is 32.9 Å². The smallest absolute Gasteiger partial charge is 0.357 e. The van der Waals surface area contributed by atoms with Gasteiger partial charge >= 0.3 is 6.18 Å². The first-order valence-electron chi connectivity index (χ1n) is 10.2. The lowest BCUT2D eigenvalue weighted by molar-refractivity contribution is -0.137. The third-order valence-electron chi connectivity index (χ3n) is 5.42. The highest BCUT2D eigenvalue weighted by atomic mass is 35.5. The molecule has 168 valence electrons. The Balaban J connectivity index is 1.56. The second-order valence-corrected chi connectivity index (χ2v) is 7.76. The Morgan fingerprint density at radius 2 is 1.87 bits per heavy atom. The Bertz CT molecular complexity index is 895. The molecule has 3 rings (SSSR count). The summed E-state index contributed by atoms with van der Waals surface area (Å²) in [6.45, 7) is 6.78. The van der Waals surface area contributed by atoms with Crippen molar-refractivity contribution in [3.05, 3.63) is 41.2 Å². The maximum atomic E-state index is 12.8. The first kappa shape index (κ1) is 23.1. The monoisotopic (exact) mass is 455 g/mol. The lowest BCUT2D eigenvalue weighted by Gasteiger charge is -2.32. The molecule has 1 amide bonds. The highest BCUT2D eigenvalue weighted by Gasteiger charge is 2.33. The van der Waals surface area contributed by atoms with E-state index in [9.17, 15) is 18.0 Å². The van der Waals surface area contributed by atoms with Crippen LogP contribution in [0, 0.1) is 5.92 Å². The number of nitrogens with one attached hydrogen (secondary N) is 1. The van der Waals surface area contributed by atoms with Crippen LogP contribution in [0.5, 0.6) is 0 Å². The average Bonchev–Trinajstić information content (AvgIpc) is 2.75. The summed E-state index contributed by atoms with van der Waals surface area (Å²) in [5.41, 5.74) is -0.244. The summed E-state index contributed by atoms with van der Waals surface area (Å²) in [5.74, 6) is 0.873. The Kier molecular flexibility index (Phi) is 7.25. The topological polar surface area (TPSA) is 61.4 Å². The summed E-state index contributed by atoms with van der Waals surface area (Å²) in [7, 11) is 0. The van der Waals surface area contributed by atoms with Crippen LogP contribution in [0.15, 0.2) is 30.6 Å². The largest absolute Gasteiger partial charge is 0.417 e. The number of aromatic nitrogens is 2. The van der Waals surface area contributed by atoms with Gasteiger partial charge in [-0.2, -0.15) is 13.2 Å². The van der Waals surface area contributed by atoms with Gasteiger partial charge in [0.15, 0.2) is 0 Å². The summed E-state index contributed by atoms with van der Waals surface area (Å²) in [4.78, 5) is 24.9. The zero-order chi connectivity index (χ0) is 22.6. The van der Waals surface area contributed by atoms with E-state index in [1.54, 1.807) is 6.20 Å². The number of nitrogens with zero attached hydrogens (tertiary/aromatic N) is 4. The van der Waals surface area contributed by atoms with Crippen LogP contribution in [0.2, 0.25) is 5.02 Å². The van der Waals surface area contributed by atoms with Crippen LogP contribution < -0.4 is 15.1 Å². The third kappa shape index (κ3) is 5.58. The van der Waals surface area contributed by atoms with Gasteiger partial charge < -0.3 is 15.1 Å². The Morgan fingerprint density at radius 1 is 1.19 bits per heavy atom. The molecule has 10 heteroatoms. The molecule has 3 heterocycles. The number of anilines is 3. The molecule has 0 atom stereocenters. The number of hydrogen-bond donors (Lipinski definition) is 1. The van der Waals surface area contributed by atoms with Crippen LogP contribution >= 0.6 is 11.6 Å². The summed E-state index contributed by atoms with van der Waals surface area (Å²) in [5, 5.41) is 2.85. The molecule has 1 aliphatic rings. The van der Waals surface area contributed by atoms with Crippen molar-refractivity contribution in [3.63, 3.8) is 0 Å². The van der Waals surface area contributed by atoms with Crippen molar-refractivity contribution in [1.82, 2.24) is 9.97 Å². The number of pyridine rings is 2. The molecule has 6 nitrogen and oxygen atoms in total. The predicted octanol–water partition coefficient (Wildman–Crippen LogP) is 4.85. The fourth-order valence-electron chi connectivity index (χ4n) is 3.61. The number of hydrogen-bond acceptors (Lipinski definition) is 5. The predicted molar refractivity (Wildman–Crippen MR) is 116 cm³/mol. The second kappa shape index (κ2) is 9.72. The molecule has 0 saturated carbocycles. The van der Waals surface area contributed by atoms with Gasteiger partial charge in [0.1, 0.15) is 11.6 Å². The van der Waals surface area contributed by atoms with E-state index in [0.717, 1.165) is 31.2 Å². The molecular formula is C21H25ClF3N5O. The molecule has 0 unspecified atom stereocenters. The Labute approximate surface area is 184 Å². The number of carbonyl (C=O) groups excluding carboxylic acids is 1. The van der Waals surface area contributed by atoms with Crippen LogP contribution in [0.3, 0.4) is 0 Å². The molecular weight excluding hydrogens is 431 g/mol. The van der Waals surface area contributed by atoms with Gasteiger partial charge in [0.25, 0.3) is 0 Å². The van der Waals surface area contributed by atoms with Gasteiger partial charge in [-0.3, -0.25) is 4.79 Å². The number of alkyl halides is 3. The second-order valence-electron chi connectivity index (χ2n) is 7.36. The van der Waals surface area contributed by atoms with Gasteiger partial charge in [0.05, 0.1) is 22.5 Å². The zero-order valence-electron chi connectivity index (χ0n) is 17.4. The lowest BCUT2D eigenvalue weighted by Crippen LogP contribution is -2.38. The molecule has 1 N–H and O–H groups in total. The standard InChI is InChI=1S/C21H25ClF3N5O/c1-3-29(4-2)18-6-5-16(13-26-18)28-20(31)14-7-9-30(10-8-14)19-17(22)11-15(12-27-19)21(23,24)25/h5-6,11-14H,3-4,7-10H2,1-2H3,(H,28,31). The van der Waals surface area contributed by atoms with E-state index >= 15 is 0 Å². The van der Waals surface area contributed by atoms with Gasteiger partial charge in [0.2, 0.25) is 5.91 Å². The number of piperidine rings is 1. The SMILES string of the molecule is CCN(CC)c1ccc(NC(=O)C2CCN(c3ncc(C(F)(F)F)cc3Cl)CC2)cn1. The van der Waals surface area contributed by atoms with Crippen LogP contribution in [-0.4, -0.2) is 42.1 Å². The van der Waals surface area contributed by atoms with Crippen molar-refractivity contribution >= 4 is 34.8 Å². The minimum absolute atomic E-state index is 0.0444. The number of halogens is 4. The molecule has 0 spiro atoms. The number of carbonyl (C=O) groups is 1. The molecule has 1 aliphatic heterocycles. The van der Waals surface area contributed by atoms with Gasteiger partial charge in [-0.1, -0.05) is 11.6 Å². The first-order chi connectivity index (χ1) is 14.7. The summed E-state index contributed by atoms with van der Waals surface area (Å²) >= 11 is 6.04. The highest BCUT2D eigenvalue weighted by molar-refractivity contribution is 6.33. The maximum Gasteiger partial charge on any atom is 0.417 e. The summed E-state index contributed by atoms with van der Waals surface area (Å²) < 4.78 is 38.4. The fourth-order valence-corrected chi connectivity index (χ4v) is 3.90. The maximum absolute atomic E-state index is 12.8. The number of amides is 1. The van der Waals surface area contributed by atoms with E-state index in [0.29, 0.717) is 37.4 Å².